The number of rotatable bonds is 3. The van der Waals surface area contributed by atoms with Gasteiger partial charge >= 0.3 is 5.97 Å². The van der Waals surface area contributed by atoms with E-state index in [0.717, 1.165) is 5.56 Å². The molecule has 0 unspecified atom stereocenters. The van der Waals surface area contributed by atoms with Crippen molar-refractivity contribution in [2.24, 2.45) is 0 Å². The summed E-state index contributed by atoms with van der Waals surface area (Å²) in [4.78, 5) is 11.5. The number of carboxylic acid groups (broad SMARTS) is 1. The zero-order valence-corrected chi connectivity index (χ0v) is 11.3. The molecule has 1 N–H and O–H groups in total. The Hall–Kier alpha value is -2.95. The van der Waals surface area contributed by atoms with Gasteiger partial charge in [-0.2, -0.15) is 0 Å². The number of hydrogen-bond donors (Lipinski definition) is 1. The minimum absolute atomic E-state index is 0.00759. The molecule has 0 amide bonds. The van der Waals surface area contributed by atoms with Crippen molar-refractivity contribution in [3.8, 4) is 11.6 Å². The summed E-state index contributed by atoms with van der Waals surface area (Å²) in [5.41, 5.74) is 1.55. The molecule has 1 heterocycles. The highest BCUT2D eigenvalue weighted by atomic mass is 16.5. The van der Waals surface area contributed by atoms with Gasteiger partial charge in [0.15, 0.2) is 0 Å². The van der Waals surface area contributed by atoms with E-state index in [9.17, 15) is 9.90 Å². The lowest BCUT2D eigenvalue weighted by molar-refractivity contribution is 0.0695. The molecule has 0 aliphatic heterocycles. The Kier molecular flexibility index (Phi) is 3.23. The van der Waals surface area contributed by atoms with Gasteiger partial charge in [0.2, 0.25) is 0 Å². The van der Waals surface area contributed by atoms with Crippen LogP contribution in [0.3, 0.4) is 0 Å². The molecule has 1 aromatic heterocycles. The summed E-state index contributed by atoms with van der Waals surface area (Å²) in [7, 11) is 0. The van der Waals surface area contributed by atoms with Crippen LogP contribution in [-0.4, -0.2) is 21.3 Å². The Balaban J connectivity index is 2.14. The highest BCUT2D eigenvalue weighted by Gasteiger charge is 2.18. The molecule has 5 heteroatoms. The molecule has 0 saturated carbocycles. The predicted octanol–water partition coefficient (Wildman–Crippen LogP) is 3.43. The van der Waals surface area contributed by atoms with Gasteiger partial charge in [0.05, 0.1) is 5.52 Å². The summed E-state index contributed by atoms with van der Waals surface area (Å²) < 4.78 is 5.61. The fourth-order valence-electron chi connectivity index (χ4n) is 2.11. The van der Waals surface area contributed by atoms with Crippen molar-refractivity contribution in [2.45, 2.75) is 6.92 Å². The molecule has 3 rings (SSSR count). The van der Waals surface area contributed by atoms with Crippen LogP contribution in [0.5, 0.6) is 11.6 Å². The van der Waals surface area contributed by atoms with Crippen LogP contribution in [0.2, 0.25) is 0 Å². The Labute approximate surface area is 120 Å². The molecular weight excluding hydrogens is 268 g/mol. The van der Waals surface area contributed by atoms with Crippen molar-refractivity contribution in [2.75, 3.05) is 0 Å². The largest absolute Gasteiger partial charge is 0.477 e. The van der Waals surface area contributed by atoms with E-state index >= 15 is 0 Å². The zero-order valence-electron chi connectivity index (χ0n) is 11.3. The van der Waals surface area contributed by atoms with E-state index in [4.69, 9.17) is 4.74 Å². The maximum atomic E-state index is 11.5. The normalized spacial score (nSPS) is 10.5. The van der Waals surface area contributed by atoms with Crippen molar-refractivity contribution in [1.29, 1.82) is 0 Å². The van der Waals surface area contributed by atoms with E-state index in [0.29, 0.717) is 16.7 Å². The molecule has 5 nitrogen and oxygen atoms in total. The van der Waals surface area contributed by atoms with Crippen LogP contribution in [0.1, 0.15) is 15.9 Å². The molecule has 0 saturated heterocycles. The number of hydrogen-bond acceptors (Lipinski definition) is 4. The third-order valence-electron chi connectivity index (χ3n) is 3.05. The summed E-state index contributed by atoms with van der Waals surface area (Å²) in [6, 6.07) is 14.3. The number of carboxylic acids is 1. The highest BCUT2D eigenvalue weighted by molar-refractivity contribution is 6.04. The SMILES string of the molecule is Cc1cccc(Oc2nnc3ccccc3c2C(=O)O)c1. The lowest BCUT2D eigenvalue weighted by atomic mass is 10.1. The maximum Gasteiger partial charge on any atom is 0.342 e. The second-order valence-electron chi connectivity index (χ2n) is 4.62. The fourth-order valence-corrected chi connectivity index (χ4v) is 2.11. The molecule has 0 radical (unpaired) electrons. The molecular formula is C16H12N2O3. The quantitative estimate of drug-likeness (QED) is 0.795. The molecule has 0 spiro atoms. The summed E-state index contributed by atoms with van der Waals surface area (Å²) in [5.74, 6) is -0.572. The lowest BCUT2D eigenvalue weighted by Gasteiger charge is -2.09. The molecule has 0 bridgehead atoms. The molecule has 104 valence electrons. The van der Waals surface area contributed by atoms with Crippen molar-refractivity contribution in [3.63, 3.8) is 0 Å². The summed E-state index contributed by atoms with van der Waals surface area (Å²) in [6.45, 7) is 1.93. The third-order valence-corrected chi connectivity index (χ3v) is 3.05. The van der Waals surface area contributed by atoms with Gasteiger partial charge in [-0.3, -0.25) is 0 Å². The van der Waals surface area contributed by atoms with Crippen LogP contribution in [0.15, 0.2) is 48.5 Å². The van der Waals surface area contributed by atoms with Gasteiger partial charge in [-0.1, -0.05) is 30.3 Å². The summed E-state index contributed by atoms with van der Waals surface area (Å²) in [6.07, 6.45) is 0. The number of aryl methyl sites for hydroxylation is 1. The Morgan fingerprint density at radius 2 is 1.90 bits per heavy atom. The number of nitrogens with zero attached hydrogens (tertiary/aromatic N) is 2. The van der Waals surface area contributed by atoms with Gasteiger partial charge in [0, 0.05) is 5.39 Å². The molecule has 3 aromatic rings. The van der Waals surface area contributed by atoms with E-state index in [2.05, 4.69) is 10.2 Å². The first-order valence-electron chi connectivity index (χ1n) is 6.38. The second kappa shape index (κ2) is 5.20. The maximum absolute atomic E-state index is 11.5. The van der Waals surface area contributed by atoms with Crippen LogP contribution in [-0.2, 0) is 0 Å². The van der Waals surface area contributed by atoms with Gasteiger partial charge in [-0.15, -0.1) is 10.2 Å². The standard InChI is InChI=1S/C16H12N2O3/c1-10-5-4-6-11(9-10)21-15-14(16(19)20)12-7-2-3-8-13(12)17-18-15/h2-9H,1H3,(H,19,20). The number of ether oxygens (including phenoxy) is 1. The van der Waals surface area contributed by atoms with Gasteiger partial charge < -0.3 is 9.84 Å². The number of carbonyl (C=O) groups is 1. The van der Waals surface area contributed by atoms with Crippen LogP contribution < -0.4 is 4.74 Å². The number of fused-ring (bicyclic) bond motifs is 1. The van der Waals surface area contributed by atoms with Gasteiger partial charge in [0.1, 0.15) is 11.3 Å². The molecule has 0 fully saturated rings. The van der Waals surface area contributed by atoms with Crippen LogP contribution >= 0.6 is 0 Å². The average molecular weight is 280 g/mol. The van der Waals surface area contributed by atoms with Crippen LogP contribution in [0.25, 0.3) is 10.9 Å². The van der Waals surface area contributed by atoms with Crippen molar-refractivity contribution >= 4 is 16.9 Å². The molecule has 0 aliphatic carbocycles. The van der Waals surface area contributed by atoms with Crippen molar-refractivity contribution in [3.05, 3.63) is 59.7 Å². The molecule has 0 aliphatic rings. The van der Waals surface area contributed by atoms with Crippen LogP contribution in [0, 0.1) is 6.92 Å². The average Bonchev–Trinajstić information content (AvgIpc) is 2.46. The molecule has 2 aromatic carbocycles. The minimum Gasteiger partial charge on any atom is -0.477 e. The Bertz CT molecular complexity index is 831. The van der Waals surface area contributed by atoms with Crippen molar-refractivity contribution < 1.29 is 14.6 Å². The second-order valence-corrected chi connectivity index (χ2v) is 4.62. The fraction of sp³-hybridized carbons (Fsp3) is 0.0625. The Morgan fingerprint density at radius 3 is 2.67 bits per heavy atom. The zero-order chi connectivity index (χ0) is 14.8. The first-order chi connectivity index (χ1) is 10.1. The van der Waals surface area contributed by atoms with E-state index in [-0.39, 0.29) is 11.4 Å². The topological polar surface area (TPSA) is 72.3 Å². The predicted molar refractivity (Wildman–Crippen MR) is 77.8 cm³/mol. The van der Waals surface area contributed by atoms with Crippen molar-refractivity contribution in [1.82, 2.24) is 10.2 Å². The first kappa shape index (κ1) is 13.1. The van der Waals surface area contributed by atoms with E-state index in [1.165, 1.54) is 0 Å². The number of benzene rings is 2. The summed E-state index contributed by atoms with van der Waals surface area (Å²) in [5, 5.41) is 17.9. The summed E-state index contributed by atoms with van der Waals surface area (Å²) >= 11 is 0. The number of aromatic nitrogens is 2. The third kappa shape index (κ3) is 2.53. The highest BCUT2D eigenvalue weighted by Crippen LogP contribution is 2.28. The first-order valence-corrected chi connectivity index (χ1v) is 6.38. The number of aromatic carboxylic acids is 1. The van der Waals surface area contributed by atoms with Gasteiger partial charge in [-0.25, -0.2) is 4.79 Å². The minimum atomic E-state index is -1.09. The van der Waals surface area contributed by atoms with Gasteiger partial charge in [-0.05, 0) is 30.7 Å². The Morgan fingerprint density at radius 1 is 1.10 bits per heavy atom. The van der Waals surface area contributed by atoms with E-state index < -0.39 is 5.97 Å². The van der Waals surface area contributed by atoms with Crippen LogP contribution in [0.4, 0.5) is 0 Å². The lowest BCUT2D eigenvalue weighted by Crippen LogP contribution is -2.05. The molecule has 21 heavy (non-hydrogen) atoms. The van der Waals surface area contributed by atoms with Gasteiger partial charge in [0.25, 0.3) is 5.88 Å². The smallest absolute Gasteiger partial charge is 0.342 e. The monoisotopic (exact) mass is 280 g/mol. The van der Waals surface area contributed by atoms with E-state index in [1.807, 2.05) is 25.1 Å². The van der Waals surface area contributed by atoms with E-state index in [1.54, 1.807) is 30.3 Å². The molecule has 0 atom stereocenters.